The first kappa shape index (κ1) is 30.6. The van der Waals surface area contributed by atoms with E-state index < -0.39 is 27.5 Å². The van der Waals surface area contributed by atoms with Gasteiger partial charge in [-0.05, 0) is 75.4 Å². The Labute approximate surface area is 246 Å². The van der Waals surface area contributed by atoms with Gasteiger partial charge in [-0.25, -0.2) is 0 Å². The minimum atomic E-state index is -2.10. The molecule has 0 aliphatic carbocycles. The van der Waals surface area contributed by atoms with E-state index >= 15 is 0 Å². The van der Waals surface area contributed by atoms with Crippen molar-refractivity contribution in [1.29, 1.82) is 0 Å². The molecule has 6 nitrogen and oxygen atoms in total. The van der Waals surface area contributed by atoms with Gasteiger partial charge in [0.05, 0.1) is 15.1 Å². The first-order valence-corrected chi connectivity index (χ1v) is 14.0. The molecule has 0 aliphatic rings. The average Bonchev–Trinajstić information content (AvgIpc) is 2.79. The second kappa shape index (κ2) is 14.5. The summed E-state index contributed by atoms with van der Waals surface area (Å²) in [6.45, 7) is 4.95. The van der Waals surface area contributed by atoms with Gasteiger partial charge in [0.2, 0.25) is 18.9 Å². The van der Waals surface area contributed by atoms with E-state index in [-0.39, 0.29) is 0 Å². The highest BCUT2D eigenvalue weighted by Gasteiger charge is 2.26. The van der Waals surface area contributed by atoms with Crippen LogP contribution in [-0.4, -0.2) is 18.9 Å². The number of ether oxygens (including phenoxy) is 3. The molecule has 3 atom stereocenters. The fraction of sp³-hybridized carbons (Fsp3) is 0.250. The molecule has 37 heavy (non-hydrogen) atoms. The molecule has 0 spiro atoms. The number of benzene rings is 3. The van der Waals surface area contributed by atoms with Gasteiger partial charge >= 0.3 is 8.60 Å². The van der Waals surface area contributed by atoms with Crippen LogP contribution in [0.2, 0.25) is 30.1 Å². The Morgan fingerprint density at radius 3 is 1.00 bits per heavy atom. The van der Waals surface area contributed by atoms with Crippen LogP contribution in [0.3, 0.4) is 0 Å². The zero-order chi connectivity index (χ0) is 27.1. The highest BCUT2D eigenvalue weighted by atomic mass is 35.5. The standard InChI is InChI=1S/C24H21Cl6O6P/c1-13(31-22-7-4-16(25)10-19(22)28)34-37(35-14(2)32-23-8-5-17(26)11-20(23)29)36-15(3)33-24-9-6-18(27)12-21(24)30/h4-15H,1-3H3. The molecule has 0 radical (unpaired) electrons. The van der Waals surface area contributed by atoms with E-state index in [9.17, 15) is 0 Å². The average molecular weight is 649 g/mol. The van der Waals surface area contributed by atoms with Gasteiger partial charge in [-0.3, -0.25) is 13.6 Å². The minimum absolute atomic E-state index is 0.317. The number of hydrogen-bond donors (Lipinski definition) is 0. The second-order valence-electron chi connectivity index (χ2n) is 7.32. The van der Waals surface area contributed by atoms with Gasteiger partial charge in [-0.15, -0.1) is 0 Å². The predicted molar refractivity (Wildman–Crippen MR) is 150 cm³/mol. The van der Waals surface area contributed by atoms with Crippen molar-refractivity contribution in [2.75, 3.05) is 0 Å². The van der Waals surface area contributed by atoms with Crippen LogP contribution in [0.4, 0.5) is 0 Å². The molecule has 0 fully saturated rings. The van der Waals surface area contributed by atoms with Gasteiger partial charge in [0.15, 0.2) is 0 Å². The molecule has 13 heteroatoms. The lowest BCUT2D eigenvalue weighted by Crippen LogP contribution is -2.23. The van der Waals surface area contributed by atoms with Crippen LogP contribution in [-0.2, 0) is 13.6 Å². The van der Waals surface area contributed by atoms with Crippen molar-refractivity contribution in [3.05, 3.63) is 84.7 Å². The van der Waals surface area contributed by atoms with Gasteiger partial charge in [-0.1, -0.05) is 69.6 Å². The summed E-state index contributed by atoms with van der Waals surface area (Å²) in [4.78, 5) is 0. The Hall–Kier alpha value is -0.890. The van der Waals surface area contributed by atoms with Crippen LogP contribution in [0.15, 0.2) is 54.6 Å². The van der Waals surface area contributed by atoms with E-state index in [1.165, 1.54) is 0 Å². The third kappa shape index (κ3) is 9.98. The normalized spacial score (nSPS) is 14.5. The Bertz CT molecular complexity index is 1060. The summed E-state index contributed by atoms with van der Waals surface area (Å²) in [5, 5.41) is 2.36. The maximum absolute atomic E-state index is 6.21. The molecule has 3 unspecified atom stereocenters. The summed E-state index contributed by atoms with van der Waals surface area (Å²) in [6.07, 6.45) is -2.53. The Morgan fingerprint density at radius 1 is 0.486 bits per heavy atom. The monoisotopic (exact) mass is 646 g/mol. The molecule has 0 heterocycles. The van der Waals surface area contributed by atoms with Crippen LogP contribution >= 0.6 is 78.2 Å². The lowest BCUT2D eigenvalue weighted by Gasteiger charge is -2.27. The molecule has 200 valence electrons. The lowest BCUT2D eigenvalue weighted by molar-refractivity contribution is -0.0677. The molecule has 3 rings (SSSR count). The largest absolute Gasteiger partial charge is 0.463 e. The number of rotatable bonds is 12. The fourth-order valence-electron chi connectivity index (χ4n) is 2.75. The van der Waals surface area contributed by atoms with E-state index in [1.807, 2.05) is 0 Å². The molecule has 0 bridgehead atoms. The zero-order valence-electron chi connectivity index (χ0n) is 19.6. The van der Waals surface area contributed by atoms with Crippen LogP contribution in [0.1, 0.15) is 20.8 Å². The Balaban J connectivity index is 1.70. The topological polar surface area (TPSA) is 55.4 Å². The highest BCUT2D eigenvalue weighted by molar-refractivity contribution is 7.41. The van der Waals surface area contributed by atoms with Crippen LogP contribution in [0, 0.1) is 0 Å². The molecule has 3 aromatic carbocycles. The molecule has 0 aromatic heterocycles. The minimum Gasteiger partial charge on any atom is -0.463 e. The highest BCUT2D eigenvalue weighted by Crippen LogP contribution is 2.45. The maximum Gasteiger partial charge on any atom is 0.342 e. The van der Waals surface area contributed by atoms with Gasteiger partial charge in [0.25, 0.3) is 0 Å². The van der Waals surface area contributed by atoms with Crippen LogP contribution < -0.4 is 14.2 Å². The van der Waals surface area contributed by atoms with E-state index in [4.69, 9.17) is 97.4 Å². The Kier molecular flexibility index (Phi) is 12.0. The van der Waals surface area contributed by atoms with E-state index in [0.29, 0.717) is 47.4 Å². The Morgan fingerprint density at radius 2 is 0.757 bits per heavy atom. The van der Waals surface area contributed by atoms with Gasteiger partial charge in [0, 0.05) is 15.1 Å². The number of hydrogen-bond acceptors (Lipinski definition) is 6. The summed E-state index contributed by atoms with van der Waals surface area (Å²) in [5.41, 5.74) is 0. The maximum atomic E-state index is 6.21. The summed E-state index contributed by atoms with van der Waals surface area (Å²) >= 11 is 36.5. The van der Waals surface area contributed by atoms with Crippen molar-refractivity contribution in [3.63, 3.8) is 0 Å². The third-order valence-corrected chi connectivity index (χ3v) is 7.26. The van der Waals surface area contributed by atoms with E-state index in [1.54, 1.807) is 75.4 Å². The van der Waals surface area contributed by atoms with Gasteiger partial charge in [0.1, 0.15) is 17.2 Å². The van der Waals surface area contributed by atoms with Crippen molar-refractivity contribution in [2.24, 2.45) is 0 Å². The quantitative estimate of drug-likeness (QED) is 0.144. The third-order valence-electron chi connectivity index (χ3n) is 4.26. The van der Waals surface area contributed by atoms with Crippen LogP contribution in [0.25, 0.3) is 0 Å². The van der Waals surface area contributed by atoms with E-state index in [2.05, 4.69) is 0 Å². The van der Waals surface area contributed by atoms with Crippen molar-refractivity contribution < 1.29 is 27.8 Å². The smallest absolute Gasteiger partial charge is 0.342 e. The van der Waals surface area contributed by atoms with Crippen molar-refractivity contribution in [2.45, 2.75) is 39.6 Å². The number of halogens is 6. The first-order chi connectivity index (χ1) is 17.5. The van der Waals surface area contributed by atoms with Crippen molar-refractivity contribution in [3.8, 4) is 17.2 Å². The van der Waals surface area contributed by atoms with Crippen LogP contribution in [0.5, 0.6) is 17.2 Å². The molecule has 0 saturated carbocycles. The lowest BCUT2D eigenvalue weighted by atomic mass is 10.3. The van der Waals surface area contributed by atoms with Crippen molar-refractivity contribution >= 4 is 78.2 Å². The predicted octanol–water partition coefficient (Wildman–Crippen LogP) is 10.5. The summed E-state index contributed by atoms with van der Waals surface area (Å²) in [6, 6.07) is 14.5. The molecule has 0 N–H and O–H groups in total. The zero-order valence-corrected chi connectivity index (χ0v) is 25.0. The summed E-state index contributed by atoms with van der Waals surface area (Å²) < 4.78 is 35.0. The molecule has 0 saturated heterocycles. The van der Waals surface area contributed by atoms with E-state index in [0.717, 1.165) is 0 Å². The summed E-state index contributed by atoms with van der Waals surface area (Å²) in [7, 11) is -2.10. The van der Waals surface area contributed by atoms with Gasteiger partial charge < -0.3 is 14.2 Å². The second-order valence-corrected chi connectivity index (χ2v) is 10.9. The van der Waals surface area contributed by atoms with Gasteiger partial charge in [-0.2, -0.15) is 0 Å². The summed E-state index contributed by atoms with van der Waals surface area (Å²) in [5.74, 6) is 1.09. The molecule has 3 aromatic rings. The SMILES string of the molecule is CC(Oc1ccc(Cl)cc1Cl)OP(OC(C)Oc1ccc(Cl)cc1Cl)OC(C)Oc1ccc(Cl)cc1Cl. The molecular weight excluding hydrogens is 628 g/mol. The molecule has 0 amide bonds. The fourth-order valence-corrected chi connectivity index (χ4v) is 5.12. The van der Waals surface area contributed by atoms with Crippen molar-refractivity contribution in [1.82, 2.24) is 0 Å². The molecule has 0 aliphatic heterocycles. The molecular formula is C24H21Cl6O6P. The first-order valence-electron chi connectivity index (χ1n) is 10.7.